The molecule has 2 aromatic carbocycles. The third-order valence-corrected chi connectivity index (χ3v) is 3.93. The summed E-state index contributed by atoms with van der Waals surface area (Å²) in [6.45, 7) is 22.1. The highest BCUT2D eigenvalue weighted by Crippen LogP contribution is 2.30. The van der Waals surface area contributed by atoms with Gasteiger partial charge >= 0.3 is 0 Å². The molecule has 0 N–H and O–H groups in total. The molecule has 0 fully saturated rings. The Bertz CT molecular complexity index is 720. The summed E-state index contributed by atoms with van der Waals surface area (Å²) in [5, 5.41) is 1.40. The van der Waals surface area contributed by atoms with E-state index in [1.807, 2.05) is 12.1 Å². The number of benzene rings is 2. The fourth-order valence-corrected chi connectivity index (χ4v) is 2.54. The van der Waals surface area contributed by atoms with Crippen LogP contribution in [0, 0.1) is 13.1 Å². The van der Waals surface area contributed by atoms with Gasteiger partial charge in [0.25, 0.3) is 0 Å². The van der Waals surface area contributed by atoms with Gasteiger partial charge in [0.2, 0.25) is 0 Å². The average Bonchev–Trinajstić information content (AvgIpc) is 2.55. The van der Waals surface area contributed by atoms with Gasteiger partial charge in [-0.2, -0.15) is 0 Å². The van der Waals surface area contributed by atoms with Crippen LogP contribution in [0.4, 0.5) is 11.4 Å². The summed E-state index contributed by atoms with van der Waals surface area (Å²) in [6, 6.07) is 10.8. The molecule has 0 aliphatic rings. The molecule has 0 bridgehead atoms. The molecule has 0 spiro atoms. The van der Waals surface area contributed by atoms with Crippen molar-refractivity contribution in [2.45, 2.75) is 39.5 Å². The van der Waals surface area contributed by atoms with E-state index in [0.29, 0.717) is 33.3 Å². The Morgan fingerprint density at radius 2 is 1.00 bits per heavy atom. The average molecular weight is 432 g/mol. The lowest BCUT2D eigenvalue weighted by Crippen LogP contribution is -1.86. The van der Waals surface area contributed by atoms with Crippen molar-refractivity contribution in [1.29, 1.82) is 0 Å². The smallest absolute Gasteiger partial charge is 0.190 e. The van der Waals surface area contributed by atoms with E-state index in [-0.39, 0.29) is 24.8 Å². The van der Waals surface area contributed by atoms with Crippen LogP contribution in [0.5, 0.6) is 0 Å². The zero-order valence-electron chi connectivity index (χ0n) is 15.1. The first-order valence-corrected chi connectivity index (χ1v) is 8.39. The minimum absolute atomic E-state index is 0. The van der Waals surface area contributed by atoms with Gasteiger partial charge in [0.1, 0.15) is 0 Å². The molecule has 2 aromatic rings. The van der Waals surface area contributed by atoms with Crippen LogP contribution in [0.3, 0.4) is 0 Å². The number of hydrogen-bond donors (Lipinski definition) is 0. The third kappa shape index (κ3) is 7.86. The highest BCUT2D eigenvalue weighted by atomic mass is 35.5. The zero-order chi connectivity index (χ0) is 18.3. The van der Waals surface area contributed by atoms with Gasteiger partial charge in [-0.25, -0.2) is 9.69 Å². The first-order valence-electron chi connectivity index (χ1n) is 7.64. The lowest BCUT2D eigenvalue weighted by Gasteiger charge is -2.07. The van der Waals surface area contributed by atoms with Crippen molar-refractivity contribution in [3.63, 3.8) is 0 Å². The van der Waals surface area contributed by atoms with E-state index in [1.54, 1.807) is 24.3 Å². The molecule has 0 aromatic heterocycles. The van der Waals surface area contributed by atoms with Crippen molar-refractivity contribution in [1.82, 2.24) is 0 Å². The maximum atomic E-state index is 6.93. The topological polar surface area (TPSA) is 8.72 Å². The van der Waals surface area contributed by atoms with Gasteiger partial charge in [-0.05, 0) is 23.0 Å². The van der Waals surface area contributed by atoms with E-state index in [4.69, 9.17) is 36.3 Å². The molecule has 6 heteroatoms. The molecular formula is C20H22Cl4N2. The molecule has 0 radical (unpaired) electrons. The number of nitrogens with zero attached hydrogens (tertiary/aromatic N) is 2. The Morgan fingerprint density at radius 1 is 0.692 bits per heavy atom. The zero-order valence-corrected chi connectivity index (χ0v) is 18.2. The summed E-state index contributed by atoms with van der Waals surface area (Å²) < 4.78 is 0. The fourth-order valence-electron chi connectivity index (χ4n) is 2.18. The van der Waals surface area contributed by atoms with Crippen LogP contribution in [0.2, 0.25) is 10.0 Å². The SMILES string of the molecule is Cl.Cl.[C-]#[N+]c1ccc(Cl)cc1C(C)C.[C-]#[N+]c1ccc(Cl)cc1C(C)C. The van der Waals surface area contributed by atoms with Crippen LogP contribution in [0.1, 0.15) is 50.7 Å². The monoisotopic (exact) mass is 430 g/mol. The Labute approximate surface area is 179 Å². The van der Waals surface area contributed by atoms with Gasteiger partial charge in [0.05, 0.1) is 13.1 Å². The van der Waals surface area contributed by atoms with Gasteiger partial charge in [0, 0.05) is 10.0 Å². The van der Waals surface area contributed by atoms with Crippen molar-refractivity contribution in [2.75, 3.05) is 0 Å². The van der Waals surface area contributed by atoms with Crippen LogP contribution in [-0.4, -0.2) is 0 Å². The van der Waals surface area contributed by atoms with E-state index in [0.717, 1.165) is 11.1 Å². The largest absolute Gasteiger partial charge is 0.238 e. The normalized spacial score (nSPS) is 9.15. The van der Waals surface area contributed by atoms with E-state index < -0.39 is 0 Å². The lowest BCUT2D eigenvalue weighted by atomic mass is 10.0. The van der Waals surface area contributed by atoms with Gasteiger partial charge < -0.3 is 0 Å². The standard InChI is InChI=1S/2C10H10ClN.2ClH/c2*1-7(2)9-6-8(11)4-5-10(9)12-3;;/h2*4-7H,1-2H3;2*1H. The summed E-state index contributed by atoms with van der Waals surface area (Å²) in [5.74, 6) is 0.709. The van der Waals surface area contributed by atoms with E-state index in [1.165, 1.54) is 0 Å². The molecular weight excluding hydrogens is 410 g/mol. The summed E-state index contributed by atoms with van der Waals surface area (Å²) in [4.78, 5) is 6.85. The first kappa shape index (κ1) is 26.8. The predicted octanol–water partition coefficient (Wildman–Crippen LogP) is 8.87. The lowest BCUT2D eigenvalue weighted by molar-refractivity contribution is 0.871. The molecule has 0 heterocycles. The Morgan fingerprint density at radius 3 is 1.23 bits per heavy atom. The second kappa shape index (κ2) is 12.9. The van der Waals surface area contributed by atoms with Crippen molar-refractivity contribution < 1.29 is 0 Å². The van der Waals surface area contributed by atoms with Crippen LogP contribution >= 0.6 is 48.0 Å². The molecule has 0 saturated carbocycles. The van der Waals surface area contributed by atoms with Crippen molar-refractivity contribution in [3.05, 3.63) is 80.4 Å². The predicted molar refractivity (Wildman–Crippen MR) is 118 cm³/mol. The highest BCUT2D eigenvalue weighted by Gasteiger charge is 2.07. The third-order valence-electron chi connectivity index (χ3n) is 3.46. The summed E-state index contributed by atoms with van der Waals surface area (Å²) in [5.41, 5.74) is 3.46. The molecule has 0 saturated heterocycles. The number of hydrogen-bond acceptors (Lipinski definition) is 0. The van der Waals surface area contributed by atoms with Crippen molar-refractivity contribution in [2.24, 2.45) is 0 Å². The van der Waals surface area contributed by atoms with Crippen molar-refractivity contribution in [3.8, 4) is 0 Å². The summed E-state index contributed by atoms with van der Waals surface area (Å²) in [7, 11) is 0. The quantitative estimate of drug-likeness (QED) is 0.419. The summed E-state index contributed by atoms with van der Waals surface area (Å²) in [6.07, 6.45) is 0. The molecule has 0 amide bonds. The molecule has 0 aliphatic heterocycles. The molecule has 2 nitrogen and oxygen atoms in total. The van der Waals surface area contributed by atoms with Crippen molar-refractivity contribution >= 4 is 59.4 Å². The van der Waals surface area contributed by atoms with Gasteiger partial charge in [-0.1, -0.05) is 87.3 Å². The molecule has 0 atom stereocenters. The second-order valence-electron chi connectivity index (χ2n) is 5.94. The minimum Gasteiger partial charge on any atom is -0.238 e. The maximum absolute atomic E-state index is 6.93. The second-order valence-corrected chi connectivity index (χ2v) is 6.81. The number of rotatable bonds is 2. The van der Waals surface area contributed by atoms with E-state index in [9.17, 15) is 0 Å². The minimum atomic E-state index is 0. The molecule has 0 unspecified atom stereocenters. The molecule has 2 rings (SSSR count). The Balaban J connectivity index is 0. The van der Waals surface area contributed by atoms with Crippen LogP contribution < -0.4 is 0 Å². The van der Waals surface area contributed by atoms with Gasteiger partial charge in [0.15, 0.2) is 11.4 Å². The van der Waals surface area contributed by atoms with Gasteiger partial charge in [-0.3, -0.25) is 0 Å². The Hall–Kier alpha value is -1.42. The molecule has 140 valence electrons. The van der Waals surface area contributed by atoms with E-state index >= 15 is 0 Å². The maximum Gasteiger partial charge on any atom is 0.190 e. The number of halogens is 4. The molecule has 0 aliphatic carbocycles. The first-order chi connectivity index (χ1) is 11.3. The van der Waals surface area contributed by atoms with Crippen LogP contribution in [0.15, 0.2) is 36.4 Å². The van der Waals surface area contributed by atoms with Crippen LogP contribution in [-0.2, 0) is 0 Å². The Kier molecular flexibility index (Phi) is 13.3. The fraction of sp³-hybridized carbons (Fsp3) is 0.300. The highest BCUT2D eigenvalue weighted by molar-refractivity contribution is 6.31. The van der Waals surface area contributed by atoms with Gasteiger partial charge in [-0.15, -0.1) is 24.8 Å². The molecule has 26 heavy (non-hydrogen) atoms. The summed E-state index contributed by atoms with van der Waals surface area (Å²) >= 11 is 11.6. The van der Waals surface area contributed by atoms with Crippen LogP contribution in [0.25, 0.3) is 9.69 Å². The van der Waals surface area contributed by atoms with E-state index in [2.05, 4.69) is 37.4 Å².